The van der Waals surface area contributed by atoms with Gasteiger partial charge in [-0.05, 0) is 66.5 Å². The number of benzene rings is 2. The number of carbonyl (C=O) groups is 1. The fourth-order valence-corrected chi connectivity index (χ4v) is 4.05. The summed E-state index contributed by atoms with van der Waals surface area (Å²) in [6.45, 7) is 14.4. The van der Waals surface area contributed by atoms with E-state index in [0.29, 0.717) is 5.75 Å². The van der Waals surface area contributed by atoms with Crippen LogP contribution in [-0.2, 0) is 10.2 Å². The highest BCUT2D eigenvalue weighted by Crippen LogP contribution is 2.41. The summed E-state index contributed by atoms with van der Waals surface area (Å²) >= 11 is 0. The van der Waals surface area contributed by atoms with E-state index in [0.717, 1.165) is 29.7 Å². The molecule has 2 aromatic carbocycles. The zero-order valence-electron chi connectivity index (χ0n) is 21.0. The van der Waals surface area contributed by atoms with Crippen molar-refractivity contribution in [3.63, 3.8) is 0 Å². The van der Waals surface area contributed by atoms with Gasteiger partial charge in [-0.25, -0.2) is 5.48 Å². The Bertz CT molecular complexity index is 944. The lowest BCUT2D eigenvalue weighted by atomic mass is 9.70. The first-order chi connectivity index (χ1) is 15.5. The van der Waals surface area contributed by atoms with Crippen molar-refractivity contribution in [2.75, 3.05) is 13.2 Å². The van der Waals surface area contributed by atoms with Crippen LogP contribution in [0.2, 0.25) is 0 Å². The van der Waals surface area contributed by atoms with Crippen LogP contribution in [0.3, 0.4) is 0 Å². The van der Waals surface area contributed by atoms with Crippen LogP contribution in [0.1, 0.15) is 69.7 Å². The standard InChI is InChI=1S/C27H39NO5/c1-8-27(9-2,21-11-13-23(19(4)15-21)33-17-25(30)28-31)20-10-12-22(18(3)14-20)32-16-24(29)26(5,6)7/h10-15,24,29,31H,8-9,16-17H2,1-7H3,(H,28,30)/t24-/m0/s1. The third-order valence-electron chi connectivity index (χ3n) is 6.54. The number of hydroxylamine groups is 1. The fraction of sp³-hybridized carbons (Fsp3) is 0.519. The molecule has 0 spiro atoms. The first kappa shape index (κ1) is 26.7. The summed E-state index contributed by atoms with van der Waals surface area (Å²) in [6.07, 6.45) is 1.28. The molecular weight excluding hydrogens is 418 g/mol. The molecule has 2 rings (SSSR count). The van der Waals surface area contributed by atoms with Crippen molar-refractivity contribution < 1.29 is 24.6 Å². The van der Waals surface area contributed by atoms with Crippen LogP contribution < -0.4 is 15.0 Å². The van der Waals surface area contributed by atoms with Gasteiger partial charge in [-0.2, -0.15) is 0 Å². The van der Waals surface area contributed by atoms with Crippen LogP contribution in [0.4, 0.5) is 0 Å². The zero-order chi connectivity index (χ0) is 24.8. The van der Waals surface area contributed by atoms with Gasteiger partial charge in [0.15, 0.2) is 6.61 Å². The molecule has 0 aromatic heterocycles. The second-order valence-electron chi connectivity index (χ2n) is 9.77. The number of amides is 1. The molecule has 0 fully saturated rings. The summed E-state index contributed by atoms with van der Waals surface area (Å²) in [5.41, 5.74) is 5.51. The number of aryl methyl sites for hydroxylation is 2. The predicted octanol–water partition coefficient (Wildman–Crippen LogP) is 5.08. The van der Waals surface area contributed by atoms with E-state index in [1.165, 1.54) is 11.1 Å². The van der Waals surface area contributed by atoms with Crippen LogP contribution in [0.5, 0.6) is 11.5 Å². The van der Waals surface area contributed by atoms with Crippen molar-refractivity contribution in [3.8, 4) is 11.5 Å². The highest BCUT2D eigenvalue weighted by Gasteiger charge is 2.32. The molecule has 0 radical (unpaired) electrons. The molecule has 2 aromatic rings. The molecule has 0 saturated carbocycles. The van der Waals surface area contributed by atoms with Crippen LogP contribution in [0.25, 0.3) is 0 Å². The second kappa shape index (κ2) is 11.0. The molecular formula is C27H39NO5. The normalized spacial score (nSPS) is 12.9. The van der Waals surface area contributed by atoms with Gasteiger partial charge in [0.05, 0.1) is 6.10 Å². The minimum atomic E-state index is -0.595. The van der Waals surface area contributed by atoms with E-state index in [1.807, 2.05) is 52.8 Å². The molecule has 1 atom stereocenters. The highest BCUT2D eigenvalue weighted by atomic mass is 16.5. The number of carbonyl (C=O) groups excluding carboxylic acids is 1. The summed E-state index contributed by atoms with van der Waals surface area (Å²) in [5.74, 6) is 0.800. The van der Waals surface area contributed by atoms with Crippen LogP contribution in [0, 0.1) is 19.3 Å². The molecule has 1 amide bonds. The van der Waals surface area contributed by atoms with Gasteiger partial charge in [-0.1, -0.05) is 58.9 Å². The quantitative estimate of drug-likeness (QED) is 0.342. The van der Waals surface area contributed by atoms with Gasteiger partial charge in [-0.3, -0.25) is 10.0 Å². The van der Waals surface area contributed by atoms with Gasteiger partial charge in [-0.15, -0.1) is 0 Å². The Morgan fingerprint density at radius 1 is 0.939 bits per heavy atom. The van der Waals surface area contributed by atoms with Gasteiger partial charge in [0.25, 0.3) is 5.91 Å². The number of nitrogens with one attached hydrogen (secondary N) is 1. The zero-order valence-corrected chi connectivity index (χ0v) is 21.0. The van der Waals surface area contributed by atoms with Gasteiger partial charge in [0.2, 0.25) is 0 Å². The summed E-state index contributed by atoms with van der Waals surface area (Å²) < 4.78 is 11.5. The molecule has 0 aliphatic rings. The van der Waals surface area contributed by atoms with Crippen LogP contribution in [0.15, 0.2) is 36.4 Å². The Balaban J connectivity index is 2.32. The number of aliphatic hydroxyl groups is 1. The van der Waals surface area contributed by atoms with E-state index in [-0.39, 0.29) is 24.0 Å². The van der Waals surface area contributed by atoms with E-state index in [2.05, 4.69) is 32.0 Å². The van der Waals surface area contributed by atoms with Crippen molar-refractivity contribution in [1.82, 2.24) is 5.48 Å². The van der Waals surface area contributed by atoms with Crippen molar-refractivity contribution >= 4 is 5.91 Å². The third kappa shape index (κ3) is 6.27. The Morgan fingerprint density at radius 3 is 1.82 bits per heavy atom. The monoisotopic (exact) mass is 457 g/mol. The van der Waals surface area contributed by atoms with E-state index < -0.39 is 12.0 Å². The van der Waals surface area contributed by atoms with E-state index in [1.54, 1.807) is 5.48 Å². The number of aliphatic hydroxyl groups excluding tert-OH is 1. The van der Waals surface area contributed by atoms with Gasteiger partial charge in [0, 0.05) is 5.41 Å². The number of ether oxygens (including phenoxy) is 2. The minimum absolute atomic E-state index is 0.181. The van der Waals surface area contributed by atoms with Crippen molar-refractivity contribution in [1.29, 1.82) is 0 Å². The smallest absolute Gasteiger partial charge is 0.281 e. The van der Waals surface area contributed by atoms with Gasteiger partial charge >= 0.3 is 0 Å². The molecule has 0 aliphatic heterocycles. The highest BCUT2D eigenvalue weighted by molar-refractivity contribution is 5.76. The molecule has 3 N–H and O–H groups in total. The maximum atomic E-state index is 11.3. The molecule has 0 aliphatic carbocycles. The predicted molar refractivity (Wildman–Crippen MR) is 130 cm³/mol. The number of hydrogen-bond acceptors (Lipinski definition) is 5. The lowest BCUT2D eigenvalue weighted by molar-refractivity contribution is -0.131. The molecule has 6 nitrogen and oxygen atoms in total. The van der Waals surface area contributed by atoms with Gasteiger partial charge in [0.1, 0.15) is 18.1 Å². The average molecular weight is 458 g/mol. The Kier molecular flexibility index (Phi) is 8.92. The van der Waals surface area contributed by atoms with E-state index in [9.17, 15) is 9.90 Å². The molecule has 182 valence electrons. The Morgan fingerprint density at radius 2 is 1.42 bits per heavy atom. The summed E-state index contributed by atoms with van der Waals surface area (Å²) in [5, 5.41) is 19.0. The lowest BCUT2D eigenvalue weighted by Crippen LogP contribution is -2.32. The molecule has 0 saturated heterocycles. The largest absolute Gasteiger partial charge is 0.491 e. The summed E-state index contributed by atoms with van der Waals surface area (Å²) in [7, 11) is 0. The molecule has 0 heterocycles. The lowest BCUT2D eigenvalue weighted by Gasteiger charge is -2.34. The topological polar surface area (TPSA) is 88.0 Å². The summed E-state index contributed by atoms with van der Waals surface area (Å²) in [6, 6.07) is 12.3. The molecule has 0 unspecified atom stereocenters. The number of hydrogen-bond donors (Lipinski definition) is 3. The van der Waals surface area contributed by atoms with Gasteiger partial charge < -0.3 is 14.6 Å². The Labute approximate surface area is 197 Å². The van der Waals surface area contributed by atoms with Crippen molar-refractivity contribution in [3.05, 3.63) is 58.7 Å². The Hall–Kier alpha value is -2.57. The van der Waals surface area contributed by atoms with Crippen molar-refractivity contribution in [2.45, 2.75) is 72.8 Å². The maximum Gasteiger partial charge on any atom is 0.281 e. The molecule has 6 heteroatoms. The molecule has 33 heavy (non-hydrogen) atoms. The van der Waals surface area contributed by atoms with E-state index in [4.69, 9.17) is 14.7 Å². The SMILES string of the molecule is CCC(CC)(c1ccc(OCC(=O)NO)c(C)c1)c1ccc(OC[C@H](O)C(C)(C)C)c(C)c1. The van der Waals surface area contributed by atoms with Crippen LogP contribution in [-0.4, -0.2) is 35.5 Å². The third-order valence-corrected chi connectivity index (χ3v) is 6.54. The van der Waals surface area contributed by atoms with Crippen LogP contribution >= 0.6 is 0 Å². The average Bonchev–Trinajstić information content (AvgIpc) is 2.78. The van der Waals surface area contributed by atoms with Crippen molar-refractivity contribution in [2.24, 2.45) is 5.41 Å². The first-order valence-corrected chi connectivity index (χ1v) is 11.6. The van der Waals surface area contributed by atoms with E-state index >= 15 is 0 Å². The second-order valence-corrected chi connectivity index (χ2v) is 9.77. The minimum Gasteiger partial charge on any atom is -0.491 e. The fourth-order valence-electron chi connectivity index (χ4n) is 4.05. The summed E-state index contributed by atoms with van der Waals surface area (Å²) in [4.78, 5) is 11.3. The number of rotatable bonds is 10. The first-order valence-electron chi connectivity index (χ1n) is 11.6. The molecule has 0 bridgehead atoms. The maximum absolute atomic E-state index is 11.3.